The Bertz CT molecular complexity index is 864. The molecule has 6 nitrogen and oxygen atoms in total. The standard InChI is InChI=1S/C25H35NO5Si/c1-24(2,3)31-23(29)26(7)21(22(27)28)18-30-32(25(4,5)6,19-14-10-8-11-15-19)20-16-12-9-13-17-20/h8-17,21H,18H2,1-7H3,(H,27,28)/t21-/m1/s1. The summed E-state index contributed by atoms with van der Waals surface area (Å²) in [5, 5.41) is 11.7. The number of aliphatic carboxylic acids is 1. The maximum Gasteiger partial charge on any atom is 0.410 e. The summed E-state index contributed by atoms with van der Waals surface area (Å²) in [6, 6.07) is 18.7. The van der Waals surface area contributed by atoms with Crippen LogP contribution in [-0.4, -0.2) is 55.7 Å². The van der Waals surface area contributed by atoms with E-state index in [4.69, 9.17) is 9.16 Å². The van der Waals surface area contributed by atoms with Gasteiger partial charge in [-0.2, -0.15) is 0 Å². The summed E-state index contributed by atoms with van der Waals surface area (Å²) in [7, 11) is -1.50. The first kappa shape index (κ1) is 25.6. The molecule has 1 atom stereocenters. The number of amides is 1. The number of ether oxygens (including phenoxy) is 1. The first-order valence-corrected chi connectivity index (χ1v) is 12.6. The molecule has 0 radical (unpaired) electrons. The van der Waals surface area contributed by atoms with Gasteiger partial charge in [0.05, 0.1) is 6.61 Å². The molecule has 7 heteroatoms. The van der Waals surface area contributed by atoms with E-state index in [1.54, 1.807) is 20.8 Å². The molecule has 0 saturated carbocycles. The summed E-state index contributed by atoms with van der Waals surface area (Å²) in [5.74, 6) is -1.14. The summed E-state index contributed by atoms with van der Waals surface area (Å²) in [6.45, 7) is 11.4. The average Bonchev–Trinajstić information content (AvgIpc) is 2.69. The van der Waals surface area contributed by atoms with Gasteiger partial charge < -0.3 is 14.3 Å². The summed E-state index contributed by atoms with van der Waals surface area (Å²) in [5.41, 5.74) is -0.729. The third kappa shape index (κ3) is 5.78. The number of hydrogen-bond acceptors (Lipinski definition) is 4. The molecule has 32 heavy (non-hydrogen) atoms. The molecule has 0 aliphatic heterocycles. The van der Waals surface area contributed by atoms with Crippen LogP contribution in [0.15, 0.2) is 60.7 Å². The second-order valence-electron chi connectivity index (χ2n) is 9.92. The quantitative estimate of drug-likeness (QED) is 0.639. The molecule has 174 valence electrons. The van der Waals surface area contributed by atoms with E-state index in [0.717, 1.165) is 15.3 Å². The van der Waals surface area contributed by atoms with Crippen molar-refractivity contribution in [3.63, 3.8) is 0 Å². The number of carboxylic acids is 1. The first-order valence-electron chi connectivity index (χ1n) is 10.7. The molecule has 1 amide bonds. The fourth-order valence-electron chi connectivity index (χ4n) is 3.78. The zero-order valence-corrected chi connectivity index (χ0v) is 21.1. The highest BCUT2D eigenvalue weighted by atomic mass is 28.4. The van der Waals surface area contributed by atoms with Crippen LogP contribution in [0, 0.1) is 0 Å². The maximum atomic E-state index is 12.6. The summed E-state index contributed by atoms with van der Waals surface area (Å²) < 4.78 is 12.1. The predicted molar refractivity (Wildman–Crippen MR) is 129 cm³/mol. The van der Waals surface area contributed by atoms with Crippen molar-refractivity contribution in [2.75, 3.05) is 13.7 Å². The fourth-order valence-corrected chi connectivity index (χ4v) is 8.34. The van der Waals surface area contributed by atoms with E-state index in [-0.39, 0.29) is 11.6 Å². The van der Waals surface area contributed by atoms with E-state index in [1.807, 2.05) is 60.7 Å². The Balaban J connectivity index is 2.49. The van der Waals surface area contributed by atoms with Crippen LogP contribution in [0.5, 0.6) is 0 Å². The number of carbonyl (C=O) groups is 2. The predicted octanol–water partition coefficient (Wildman–Crippen LogP) is 3.88. The SMILES string of the molecule is CN(C(=O)OC(C)(C)C)[C@H](CO[Si](c1ccccc1)(c1ccccc1)C(C)(C)C)C(=O)O. The van der Waals surface area contributed by atoms with Gasteiger partial charge in [0.2, 0.25) is 0 Å². The third-order valence-electron chi connectivity index (χ3n) is 5.31. The molecule has 1 N–H and O–H groups in total. The highest BCUT2D eigenvalue weighted by molar-refractivity contribution is 6.99. The minimum Gasteiger partial charge on any atom is -0.480 e. The second kappa shape index (κ2) is 9.88. The van der Waals surface area contributed by atoms with Crippen molar-refractivity contribution in [3.8, 4) is 0 Å². The van der Waals surface area contributed by atoms with E-state index in [0.29, 0.717) is 0 Å². The highest BCUT2D eigenvalue weighted by Gasteiger charge is 2.51. The molecule has 0 aromatic heterocycles. The normalized spacial score (nSPS) is 13.3. The lowest BCUT2D eigenvalue weighted by Crippen LogP contribution is -2.67. The Kier molecular flexibility index (Phi) is 7.91. The van der Waals surface area contributed by atoms with Crippen LogP contribution in [0.3, 0.4) is 0 Å². The molecule has 0 bridgehead atoms. The molecule has 2 aromatic rings. The summed E-state index contributed by atoms with van der Waals surface area (Å²) in [6.07, 6.45) is -0.698. The minimum absolute atomic E-state index is 0.154. The molecule has 0 saturated heterocycles. The van der Waals surface area contributed by atoms with Crippen molar-refractivity contribution in [3.05, 3.63) is 60.7 Å². The van der Waals surface area contributed by atoms with Crippen molar-refractivity contribution in [2.45, 2.75) is 58.2 Å². The molecule has 0 heterocycles. The fraction of sp³-hybridized carbons (Fsp3) is 0.440. The molecule has 0 spiro atoms. The Hall–Kier alpha value is -2.64. The first-order chi connectivity index (χ1) is 14.8. The topological polar surface area (TPSA) is 76.1 Å². The van der Waals surface area contributed by atoms with Gasteiger partial charge in [0.1, 0.15) is 5.60 Å². The third-order valence-corrected chi connectivity index (χ3v) is 10.3. The molecule has 0 unspecified atom stereocenters. The lowest BCUT2D eigenvalue weighted by atomic mass is 10.2. The number of hydrogen-bond donors (Lipinski definition) is 1. The number of benzene rings is 2. The van der Waals surface area contributed by atoms with Gasteiger partial charge in [0.15, 0.2) is 6.04 Å². The number of carbonyl (C=O) groups excluding carboxylic acids is 1. The molecular weight excluding hydrogens is 422 g/mol. The molecule has 2 aromatic carbocycles. The van der Waals surface area contributed by atoms with Gasteiger partial charge in [-0.25, -0.2) is 9.59 Å². The zero-order chi connectivity index (χ0) is 24.2. The van der Waals surface area contributed by atoms with Crippen LogP contribution >= 0.6 is 0 Å². The highest BCUT2D eigenvalue weighted by Crippen LogP contribution is 2.37. The van der Waals surface area contributed by atoms with Gasteiger partial charge in [0, 0.05) is 7.05 Å². The van der Waals surface area contributed by atoms with E-state index >= 15 is 0 Å². The van der Waals surface area contributed by atoms with Crippen LogP contribution in [0.25, 0.3) is 0 Å². The van der Waals surface area contributed by atoms with Crippen molar-refractivity contribution in [2.24, 2.45) is 0 Å². The minimum atomic E-state index is -2.93. The smallest absolute Gasteiger partial charge is 0.410 e. The molecular formula is C25H35NO5Si. The van der Waals surface area contributed by atoms with Crippen molar-refractivity contribution < 1.29 is 23.9 Å². The average molecular weight is 458 g/mol. The van der Waals surface area contributed by atoms with Gasteiger partial charge in [0.25, 0.3) is 8.32 Å². The van der Waals surface area contributed by atoms with E-state index in [9.17, 15) is 14.7 Å². The maximum absolute atomic E-state index is 12.6. The summed E-state index contributed by atoms with van der Waals surface area (Å²) in [4.78, 5) is 25.8. The Labute approximate surface area is 192 Å². The van der Waals surface area contributed by atoms with Gasteiger partial charge in [-0.15, -0.1) is 0 Å². The van der Waals surface area contributed by atoms with Crippen molar-refractivity contribution in [1.29, 1.82) is 0 Å². The lowest BCUT2D eigenvalue weighted by molar-refractivity contribution is -0.143. The molecule has 0 fully saturated rings. The lowest BCUT2D eigenvalue weighted by Gasteiger charge is -2.44. The van der Waals surface area contributed by atoms with E-state index in [2.05, 4.69) is 20.8 Å². The van der Waals surface area contributed by atoms with Gasteiger partial charge in [-0.1, -0.05) is 81.4 Å². The largest absolute Gasteiger partial charge is 0.480 e. The van der Waals surface area contributed by atoms with Gasteiger partial charge in [-0.3, -0.25) is 4.90 Å². The second-order valence-corrected chi connectivity index (χ2v) is 14.2. The number of nitrogens with zero attached hydrogens (tertiary/aromatic N) is 1. The van der Waals surface area contributed by atoms with Gasteiger partial charge in [-0.05, 0) is 36.2 Å². The van der Waals surface area contributed by atoms with E-state index < -0.39 is 32.0 Å². The van der Waals surface area contributed by atoms with Crippen LogP contribution in [0.4, 0.5) is 4.79 Å². The Morgan fingerprint density at radius 3 is 1.69 bits per heavy atom. The number of likely N-dealkylation sites (N-methyl/N-ethyl adjacent to an activating group) is 1. The Morgan fingerprint density at radius 1 is 0.906 bits per heavy atom. The zero-order valence-electron chi connectivity index (χ0n) is 20.1. The Morgan fingerprint density at radius 2 is 1.34 bits per heavy atom. The number of carboxylic acid groups (broad SMARTS) is 1. The van der Waals surface area contributed by atoms with E-state index in [1.165, 1.54) is 7.05 Å². The van der Waals surface area contributed by atoms with Crippen molar-refractivity contribution in [1.82, 2.24) is 4.90 Å². The number of rotatable bonds is 7. The van der Waals surface area contributed by atoms with Gasteiger partial charge >= 0.3 is 12.1 Å². The summed E-state index contributed by atoms with van der Waals surface area (Å²) >= 11 is 0. The monoisotopic (exact) mass is 457 g/mol. The molecule has 0 aliphatic rings. The molecule has 2 rings (SSSR count). The van der Waals surface area contributed by atoms with Crippen LogP contribution < -0.4 is 10.4 Å². The molecule has 0 aliphatic carbocycles. The van der Waals surface area contributed by atoms with Crippen molar-refractivity contribution >= 4 is 30.8 Å². The van der Waals surface area contributed by atoms with Crippen LogP contribution in [0.2, 0.25) is 5.04 Å². The van der Waals surface area contributed by atoms with Crippen LogP contribution in [0.1, 0.15) is 41.5 Å². The van der Waals surface area contributed by atoms with Crippen LogP contribution in [-0.2, 0) is 14.0 Å².